The van der Waals surface area contributed by atoms with Gasteiger partial charge in [-0.2, -0.15) is 0 Å². The Balaban J connectivity index is 1.81. The Hall–Kier alpha value is -1.68. The summed E-state index contributed by atoms with van der Waals surface area (Å²) >= 11 is 1.50. The largest absolute Gasteiger partial charge is 0.333 e. The first-order chi connectivity index (χ1) is 11.6. The zero-order valence-electron chi connectivity index (χ0n) is 14.3. The fraction of sp³-hybridized carbons (Fsp3) is 0.450. The Morgan fingerprint density at radius 1 is 1.08 bits per heavy atom. The minimum Gasteiger partial charge on any atom is -0.333 e. The van der Waals surface area contributed by atoms with Crippen LogP contribution in [0.1, 0.15) is 55.6 Å². The topological polar surface area (TPSA) is 20.3 Å². The molecule has 128 valence electrons. The first-order valence-electron chi connectivity index (χ1n) is 8.74. The van der Waals surface area contributed by atoms with Gasteiger partial charge in [-0.15, -0.1) is 11.3 Å². The van der Waals surface area contributed by atoms with Crippen LogP contribution >= 0.6 is 11.3 Å². The molecule has 4 heteroatoms. The molecule has 0 unspecified atom stereocenters. The lowest BCUT2D eigenvalue weighted by molar-refractivity contribution is 0.0560. The molecule has 0 aliphatic heterocycles. The predicted octanol–water partition coefficient (Wildman–Crippen LogP) is 5.74. The van der Waals surface area contributed by atoms with Gasteiger partial charge in [0.2, 0.25) is 0 Å². The molecule has 0 saturated heterocycles. The van der Waals surface area contributed by atoms with Gasteiger partial charge in [0.25, 0.3) is 5.91 Å². The Labute approximate surface area is 147 Å². The molecule has 1 aliphatic rings. The molecule has 2 aromatic rings. The lowest BCUT2D eigenvalue weighted by atomic mass is 9.93. The summed E-state index contributed by atoms with van der Waals surface area (Å²) in [5, 5.41) is 0. The maximum atomic E-state index is 13.1. The summed E-state index contributed by atoms with van der Waals surface area (Å²) in [4.78, 5) is 16.9. The third-order valence-electron chi connectivity index (χ3n) is 4.70. The summed E-state index contributed by atoms with van der Waals surface area (Å²) < 4.78 is 13.1. The maximum Gasteiger partial charge on any atom is 0.264 e. The van der Waals surface area contributed by atoms with Crippen molar-refractivity contribution < 1.29 is 9.18 Å². The van der Waals surface area contributed by atoms with Crippen LogP contribution in [0.15, 0.2) is 36.4 Å². The summed E-state index contributed by atoms with van der Waals surface area (Å²) in [5.41, 5.74) is 0.953. The molecule has 0 bridgehead atoms. The molecule has 1 saturated carbocycles. The smallest absolute Gasteiger partial charge is 0.264 e. The van der Waals surface area contributed by atoms with Gasteiger partial charge in [0, 0.05) is 17.0 Å². The molecule has 1 fully saturated rings. The van der Waals surface area contributed by atoms with Gasteiger partial charge in [0.1, 0.15) is 5.82 Å². The molecule has 24 heavy (non-hydrogen) atoms. The molecule has 1 aromatic carbocycles. The molecule has 0 spiro atoms. The molecule has 0 atom stereocenters. The van der Waals surface area contributed by atoms with Crippen LogP contribution in [-0.4, -0.2) is 22.9 Å². The number of hydrogen-bond donors (Lipinski definition) is 0. The van der Waals surface area contributed by atoms with E-state index in [-0.39, 0.29) is 17.8 Å². The molecule has 3 rings (SSSR count). The van der Waals surface area contributed by atoms with Crippen molar-refractivity contribution in [2.75, 3.05) is 0 Å². The second-order valence-corrected chi connectivity index (χ2v) is 7.85. The standard InChI is InChI=1S/C20H24FNOS/c1-14(2)22(17-6-4-3-5-7-17)20(23)19-13-12-18(24-19)15-8-10-16(21)11-9-15/h8-14,17H,3-7H2,1-2H3. The van der Waals surface area contributed by atoms with Gasteiger partial charge in [-0.25, -0.2) is 4.39 Å². The second kappa shape index (κ2) is 7.47. The van der Waals surface area contributed by atoms with E-state index >= 15 is 0 Å². The number of hydrogen-bond acceptors (Lipinski definition) is 2. The zero-order chi connectivity index (χ0) is 17.1. The highest BCUT2D eigenvalue weighted by molar-refractivity contribution is 7.17. The number of carbonyl (C=O) groups excluding carboxylic acids is 1. The van der Waals surface area contributed by atoms with Crippen molar-refractivity contribution in [1.82, 2.24) is 4.90 Å². The molecule has 1 aliphatic carbocycles. The van der Waals surface area contributed by atoms with Gasteiger partial charge in [-0.3, -0.25) is 4.79 Å². The lowest BCUT2D eigenvalue weighted by Gasteiger charge is -2.37. The van der Waals surface area contributed by atoms with Crippen molar-refractivity contribution in [2.24, 2.45) is 0 Å². The van der Waals surface area contributed by atoms with E-state index in [1.165, 1.54) is 42.7 Å². The first-order valence-corrected chi connectivity index (χ1v) is 9.56. The minimum atomic E-state index is -0.241. The third-order valence-corrected chi connectivity index (χ3v) is 5.83. The number of carbonyl (C=O) groups is 1. The fourth-order valence-corrected chi connectivity index (χ4v) is 4.49. The van der Waals surface area contributed by atoms with E-state index < -0.39 is 0 Å². The Bertz CT molecular complexity index is 686. The van der Waals surface area contributed by atoms with Gasteiger partial charge in [-0.1, -0.05) is 31.4 Å². The van der Waals surface area contributed by atoms with Crippen LogP contribution in [-0.2, 0) is 0 Å². The number of amides is 1. The number of thiophene rings is 1. The van der Waals surface area contributed by atoms with Crippen LogP contribution in [0, 0.1) is 5.82 Å². The summed E-state index contributed by atoms with van der Waals surface area (Å²) in [6.45, 7) is 4.20. The van der Waals surface area contributed by atoms with Crippen molar-refractivity contribution in [3.8, 4) is 10.4 Å². The molecular formula is C20H24FNOS. The summed E-state index contributed by atoms with van der Waals surface area (Å²) in [5.74, 6) is -0.106. The fourth-order valence-electron chi connectivity index (χ4n) is 3.53. The van der Waals surface area contributed by atoms with E-state index in [1.54, 1.807) is 12.1 Å². The van der Waals surface area contributed by atoms with Crippen LogP contribution in [0.4, 0.5) is 4.39 Å². The maximum absolute atomic E-state index is 13.1. The number of halogens is 1. The van der Waals surface area contributed by atoms with Gasteiger partial charge < -0.3 is 4.90 Å². The Morgan fingerprint density at radius 2 is 1.75 bits per heavy atom. The monoisotopic (exact) mass is 345 g/mol. The lowest BCUT2D eigenvalue weighted by Crippen LogP contribution is -2.45. The van der Waals surface area contributed by atoms with Crippen molar-refractivity contribution >= 4 is 17.2 Å². The normalized spacial score (nSPS) is 15.7. The highest BCUT2D eigenvalue weighted by Crippen LogP contribution is 2.31. The minimum absolute atomic E-state index is 0.135. The molecule has 2 nitrogen and oxygen atoms in total. The van der Waals surface area contributed by atoms with E-state index in [9.17, 15) is 9.18 Å². The molecule has 0 radical (unpaired) electrons. The van der Waals surface area contributed by atoms with Crippen LogP contribution in [0.5, 0.6) is 0 Å². The van der Waals surface area contributed by atoms with Crippen LogP contribution in [0.25, 0.3) is 10.4 Å². The van der Waals surface area contributed by atoms with E-state index in [1.807, 2.05) is 12.1 Å². The third kappa shape index (κ3) is 3.69. The van der Waals surface area contributed by atoms with Gasteiger partial charge >= 0.3 is 0 Å². The van der Waals surface area contributed by atoms with Crippen LogP contribution in [0.2, 0.25) is 0 Å². The molecule has 1 amide bonds. The SMILES string of the molecule is CC(C)N(C(=O)c1ccc(-c2ccc(F)cc2)s1)C1CCCCC1. The molecular weight excluding hydrogens is 321 g/mol. The summed E-state index contributed by atoms with van der Waals surface area (Å²) in [6.07, 6.45) is 5.93. The second-order valence-electron chi connectivity index (χ2n) is 6.77. The first kappa shape index (κ1) is 17.2. The van der Waals surface area contributed by atoms with Gasteiger partial charge in [0.15, 0.2) is 0 Å². The average molecular weight is 345 g/mol. The quantitative estimate of drug-likeness (QED) is 0.692. The van der Waals surface area contributed by atoms with Gasteiger partial charge in [0.05, 0.1) is 4.88 Å². The average Bonchev–Trinajstić information content (AvgIpc) is 3.06. The number of nitrogens with zero attached hydrogens (tertiary/aromatic N) is 1. The summed E-state index contributed by atoms with van der Waals surface area (Å²) in [7, 11) is 0. The van der Waals surface area contributed by atoms with Crippen LogP contribution < -0.4 is 0 Å². The van der Waals surface area contributed by atoms with E-state index in [0.29, 0.717) is 6.04 Å². The van der Waals surface area contributed by atoms with E-state index in [2.05, 4.69) is 18.7 Å². The molecule has 1 heterocycles. The summed E-state index contributed by atoms with van der Waals surface area (Å²) in [6, 6.07) is 10.9. The van der Waals surface area contributed by atoms with Crippen molar-refractivity contribution in [2.45, 2.75) is 58.0 Å². The predicted molar refractivity (Wildman–Crippen MR) is 97.9 cm³/mol. The Morgan fingerprint density at radius 3 is 2.38 bits per heavy atom. The van der Waals surface area contributed by atoms with E-state index in [4.69, 9.17) is 0 Å². The number of rotatable bonds is 4. The number of benzene rings is 1. The van der Waals surface area contributed by atoms with Crippen LogP contribution in [0.3, 0.4) is 0 Å². The highest BCUT2D eigenvalue weighted by Gasteiger charge is 2.29. The van der Waals surface area contributed by atoms with Crippen molar-refractivity contribution in [3.63, 3.8) is 0 Å². The highest BCUT2D eigenvalue weighted by atomic mass is 32.1. The van der Waals surface area contributed by atoms with Crippen molar-refractivity contribution in [1.29, 1.82) is 0 Å². The zero-order valence-corrected chi connectivity index (χ0v) is 15.1. The molecule has 0 N–H and O–H groups in total. The van der Waals surface area contributed by atoms with Gasteiger partial charge in [-0.05, 0) is 56.5 Å². The van der Waals surface area contributed by atoms with E-state index in [0.717, 1.165) is 28.2 Å². The van der Waals surface area contributed by atoms with Crippen molar-refractivity contribution in [3.05, 3.63) is 47.1 Å². The Kier molecular flexibility index (Phi) is 5.34. The molecule has 1 aromatic heterocycles.